The second kappa shape index (κ2) is 4.78. The van der Waals surface area contributed by atoms with Crippen LogP contribution in [0, 0.1) is 13.8 Å². The Kier molecular flexibility index (Phi) is 3.34. The molecular formula is C13H16N2O3. The number of benzene rings is 1. The molecule has 1 aliphatic heterocycles. The number of nitrogens with one attached hydrogen (secondary N) is 1. The van der Waals surface area contributed by atoms with Gasteiger partial charge in [0, 0.05) is 6.42 Å². The molecule has 1 aromatic rings. The molecule has 1 unspecified atom stereocenters. The molecule has 1 saturated heterocycles. The summed E-state index contributed by atoms with van der Waals surface area (Å²) < 4.78 is 0. The highest BCUT2D eigenvalue weighted by molar-refractivity contribution is 5.95. The number of aryl methyl sites for hydroxylation is 2. The van der Waals surface area contributed by atoms with Crippen molar-refractivity contribution in [3.8, 4) is 0 Å². The molecule has 18 heavy (non-hydrogen) atoms. The molecule has 0 spiro atoms. The van der Waals surface area contributed by atoms with Crippen molar-refractivity contribution >= 4 is 17.6 Å². The van der Waals surface area contributed by atoms with E-state index in [1.807, 2.05) is 32.0 Å². The molecule has 1 fully saturated rings. The summed E-state index contributed by atoms with van der Waals surface area (Å²) in [4.78, 5) is 22.9. The molecule has 5 nitrogen and oxygen atoms in total. The van der Waals surface area contributed by atoms with E-state index in [1.165, 1.54) is 5.01 Å². The van der Waals surface area contributed by atoms with Gasteiger partial charge in [0.2, 0.25) is 5.91 Å². The Balaban J connectivity index is 2.32. The van der Waals surface area contributed by atoms with Crippen molar-refractivity contribution in [1.82, 2.24) is 5.43 Å². The molecule has 1 aliphatic rings. The van der Waals surface area contributed by atoms with Gasteiger partial charge in [0.15, 0.2) is 0 Å². The number of anilines is 1. The second-order valence-corrected chi connectivity index (χ2v) is 4.58. The number of carboxylic acid groups (broad SMARTS) is 1. The standard InChI is InChI=1S/C13H16N2O3/c1-8-3-4-9(2)11(7-8)15-12(16)6-5-10(14-15)13(17)18/h3-4,7,10,14H,5-6H2,1-2H3,(H,17,18). The zero-order chi connectivity index (χ0) is 13.3. The fourth-order valence-corrected chi connectivity index (χ4v) is 2.01. The van der Waals surface area contributed by atoms with Crippen molar-refractivity contribution in [3.63, 3.8) is 0 Å². The summed E-state index contributed by atoms with van der Waals surface area (Å²) in [6.45, 7) is 3.83. The van der Waals surface area contributed by atoms with E-state index in [1.54, 1.807) is 0 Å². The Morgan fingerprint density at radius 1 is 1.44 bits per heavy atom. The summed E-state index contributed by atoms with van der Waals surface area (Å²) in [5, 5.41) is 10.4. The highest BCUT2D eigenvalue weighted by Gasteiger charge is 2.30. The third kappa shape index (κ3) is 2.36. The lowest BCUT2D eigenvalue weighted by Gasteiger charge is -2.32. The normalized spacial score (nSPS) is 20.0. The number of nitrogens with zero attached hydrogens (tertiary/aromatic N) is 1. The van der Waals surface area contributed by atoms with Crippen LogP contribution in [0.2, 0.25) is 0 Å². The lowest BCUT2D eigenvalue weighted by atomic mass is 10.1. The van der Waals surface area contributed by atoms with Crippen LogP contribution in [-0.4, -0.2) is 23.0 Å². The second-order valence-electron chi connectivity index (χ2n) is 4.58. The highest BCUT2D eigenvalue weighted by Crippen LogP contribution is 2.23. The minimum Gasteiger partial charge on any atom is -0.480 e. The number of hydrogen-bond donors (Lipinski definition) is 2. The lowest BCUT2D eigenvalue weighted by Crippen LogP contribution is -2.55. The van der Waals surface area contributed by atoms with Gasteiger partial charge in [-0.05, 0) is 37.5 Å². The van der Waals surface area contributed by atoms with Crippen molar-refractivity contribution in [2.24, 2.45) is 0 Å². The average molecular weight is 248 g/mol. The van der Waals surface area contributed by atoms with E-state index in [4.69, 9.17) is 5.11 Å². The SMILES string of the molecule is Cc1ccc(C)c(N2NC(C(=O)O)CCC2=O)c1. The molecule has 0 saturated carbocycles. The topological polar surface area (TPSA) is 69.6 Å². The number of carbonyl (C=O) groups is 2. The Morgan fingerprint density at radius 3 is 2.83 bits per heavy atom. The summed E-state index contributed by atoms with van der Waals surface area (Å²) in [6, 6.07) is 5.05. The van der Waals surface area contributed by atoms with Crippen LogP contribution in [0.25, 0.3) is 0 Å². The number of hydrogen-bond acceptors (Lipinski definition) is 3. The molecule has 1 amide bonds. The Morgan fingerprint density at radius 2 is 2.17 bits per heavy atom. The molecule has 1 heterocycles. The maximum Gasteiger partial charge on any atom is 0.322 e. The van der Waals surface area contributed by atoms with Gasteiger partial charge in [-0.2, -0.15) is 0 Å². The lowest BCUT2D eigenvalue weighted by molar-refractivity contribution is -0.140. The van der Waals surface area contributed by atoms with E-state index in [-0.39, 0.29) is 12.3 Å². The van der Waals surface area contributed by atoms with E-state index in [0.717, 1.165) is 16.8 Å². The summed E-state index contributed by atoms with van der Waals surface area (Å²) in [5.41, 5.74) is 5.47. The van der Waals surface area contributed by atoms with Crippen LogP contribution in [-0.2, 0) is 9.59 Å². The predicted octanol–water partition coefficient (Wildman–Crippen LogP) is 1.39. The molecule has 0 aliphatic carbocycles. The summed E-state index contributed by atoms with van der Waals surface area (Å²) in [7, 11) is 0. The third-order valence-corrected chi connectivity index (χ3v) is 3.08. The molecule has 0 radical (unpaired) electrons. The van der Waals surface area contributed by atoms with Crippen LogP contribution in [0.4, 0.5) is 5.69 Å². The zero-order valence-electron chi connectivity index (χ0n) is 10.4. The summed E-state index contributed by atoms with van der Waals surface area (Å²) >= 11 is 0. The fourth-order valence-electron chi connectivity index (χ4n) is 2.01. The number of hydrazine groups is 1. The number of amides is 1. The van der Waals surface area contributed by atoms with Gasteiger partial charge in [-0.15, -0.1) is 0 Å². The minimum absolute atomic E-state index is 0.0961. The van der Waals surface area contributed by atoms with E-state index in [9.17, 15) is 9.59 Å². The Bertz CT molecular complexity index is 499. The molecule has 0 bridgehead atoms. The largest absolute Gasteiger partial charge is 0.480 e. The van der Waals surface area contributed by atoms with Crippen molar-refractivity contribution < 1.29 is 14.7 Å². The van der Waals surface area contributed by atoms with E-state index in [0.29, 0.717) is 6.42 Å². The molecule has 1 aromatic carbocycles. The maximum absolute atomic E-state index is 11.9. The molecule has 2 N–H and O–H groups in total. The fraction of sp³-hybridized carbons (Fsp3) is 0.385. The number of carboxylic acids is 1. The average Bonchev–Trinajstić information content (AvgIpc) is 2.33. The Labute approximate surface area is 105 Å². The molecule has 1 atom stereocenters. The number of carbonyl (C=O) groups excluding carboxylic acids is 1. The van der Waals surface area contributed by atoms with Crippen molar-refractivity contribution in [1.29, 1.82) is 0 Å². The van der Waals surface area contributed by atoms with Crippen LogP contribution in [0.1, 0.15) is 24.0 Å². The number of rotatable bonds is 2. The van der Waals surface area contributed by atoms with Gasteiger partial charge < -0.3 is 5.11 Å². The zero-order valence-corrected chi connectivity index (χ0v) is 10.4. The van der Waals surface area contributed by atoms with Crippen LogP contribution in [0.5, 0.6) is 0 Å². The van der Waals surface area contributed by atoms with E-state index in [2.05, 4.69) is 5.43 Å². The first-order valence-corrected chi connectivity index (χ1v) is 5.88. The van der Waals surface area contributed by atoms with E-state index >= 15 is 0 Å². The van der Waals surface area contributed by atoms with Gasteiger partial charge in [0.05, 0.1) is 5.69 Å². The predicted molar refractivity (Wildman–Crippen MR) is 67.2 cm³/mol. The summed E-state index contributed by atoms with van der Waals surface area (Å²) in [5.74, 6) is -1.03. The third-order valence-electron chi connectivity index (χ3n) is 3.08. The van der Waals surface area contributed by atoms with E-state index < -0.39 is 12.0 Å². The first-order valence-electron chi connectivity index (χ1n) is 5.88. The van der Waals surface area contributed by atoms with Gasteiger partial charge >= 0.3 is 5.97 Å². The van der Waals surface area contributed by atoms with Crippen molar-refractivity contribution in [2.75, 3.05) is 5.01 Å². The Hall–Kier alpha value is -1.88. The highest BCUT2D eigenvalue weighted by atomic mass is 16.4. The smallest absolute Gasteiger partial charge is 0.322 e. The van der Waals surface area contributed by atoms with Crippen LogP contribution in [0.15, 0.2) is 18.2 Å². The number of aliphatic carboxylic acids is 1. The molecule has 5 heteroatoms. The maximum atomic E-state index is 11.9. The van der Waals surface area contributed by atoms with Crippen molar-refractivity contribution in [3.05, 3.63) is 29.3 Å². The van der Waals surface area contributed by atoms with Crippen LogP contribution in [0.3, 0.4) is 0 Å². The van der Waals surface area contributed by atoms with Gasteiger partial charge in [0.25, 0.3) is 0 Å². The molecule has 2 rings (SSSR count). The molecule has 96 valence electrons. The monoisotopic (exact) mass is 248 g/mol. The van der Waals surface area contributed by atoms with Gasteiger partial charge in [-0.3, -0.25) is 9.59 Å². The first kappa shape index (κ1) is 12.6. The molecule has 0 aromatic heterocycles. The van der Waals surface area contributed by atoms with Gasteiger partial charge in [-0.1, -0.05) is 12.1 Å². The van der Waals surface area contributed by atoms with Gasteiger partial charge in [-0.25, -0.2) is 10.4 Å². The quantitative estimate of drug-likeness (QED) is 0.829. The van der Waals surface area contributed by atoms with Crippen molar-refractivity contribution in [2.45, 2.75) is 32.7 Å². The minimum atomic E-state index is -0.933. The molecular weight excluding hydrogens is 232 g/mol. The van der Waals surface area contributed by atoms with Gasteiger partial charge in [0.1, 0.15) is 6.04 Å². The summed E-state index contributed by atoms with van der Waals surface area (Å²) in [6.07, 6.45) is 0.576. The van der Waals surface area contributed by atoms with Crippen LogP contribution < -0.4 is 10.4 Å². The first-order chi connectivity index (χ1) is 8.49. The van der Waals surface area contributed by atoms with Crippen LogP contribution >= 0.6 is 0 Å².